The molecule has 0 aliphatic heterocycles. The molecule has 42 heavy (non-hydrogen) atoms. The van der Waals surface area contributed by atoms with E-state index >= 15 is 0 Å². The van der Waals surface area contributed by atoms with E-state index < -0.39 is 5.91 Å². The van der Waals surface area contributed by atoms with Gasteiger partial charge in [0.1, 0.15) is 5.75 Å². The van der Waals surface area contributed by atoms with Crippen LogP contribution in [0.3, 0.4) is 0 Å². The second kappa shape index (κ2) is 13.3. The van der Waals surface area contributed by atoms with Crippen LogP contribution in [-0.4, -0.2) is 29.7 Å². The Morgan fingerprint density at radius 1 is 0.881 bits per heavy atom. The summed E-state index contributed by atoms with van der Waals surface area (Å²) in [7, 11) is 1.62. The van der Waals surface area contributed by atoms with Crippen LogP contribution in [-0.2, 0) is 12.8 Å². The maximum atomic E-state index is 12.4. The number of nitrogens with zero attached hydrogens (tertiary/aromatic N) is 1. The third-order valence-electron chi connectivity index (χ3n) is 7.57. The lowest BCUT2D eigenvalue weighted by atomic mass is 9.95. The van der Waals surface area contributed by atoms with Gasteiger partial charge in [0, 0.05) is 29.9 Å². The van der Waals surface area contributed by atoms with Gasteiger partial charge in [0.15, 0.2) is 0 Å². The van der Waals surface area contributed by atoms with Crippen LogP contribution in [0.2, 0.25) is 0 Å². The van der Waals surface area contributed by atoms with Crippen molar-refractivity contribution in [3.63, 3.8) is 0 Å². The van der Waals surface area contributed by atoms with Crippen molar-refractivity contribution >= 4 is 28.2 Å². The predicted octanol–water partition coefficient (Wildman–Crippen LogP) is 7.36. The number of hydrogen-bond donors (Lipinski definition) is 3. The number of aliphatic hydroxyl groups is 1. The normalized spacial score (nSPS) is 11.0. The minimum atomic E-state index is -0.540. The number of hydrogen-bond acceptors (Lipinski definition) is 5. The van der Waals surface area contributed by atoms with Crippen LogP contribution in [0.15, 0.2) is 91.1 Å². The fourth-order valence-corrected chi connectivity index (χ4v) is 5.40. The number of benzene rings is 4. The number of pyridine rings is 1. The Balaban J connectivity index is 1.44. The summed E-state index contributed by atoms with van der Waals surface area (Å²) in [6, 6.07) is 29.2. The summed E-state index contributed by atoms with van der Waals surface area (Å²) in [6.45, 7) is 2.31. The average molecular weight is 560 g/mol. The number of aliphatic hydroxyl groups excluding tert-OH is 1. The van der Waals surface area contributed by atoms with Gasteiger partial charge in [-0.3, -0.25) is 9.78 Å². The van der Waals surface area contributed by atoms with Crippen LogP contribution in [0, 0.1) is 6.92 Å². The first-order chi connectivity index (χ1) is 20.4. The van der Waals surface area contributed by atoms with Crippen molar-refractivity contribution < 1.29 is 14.6 Å². The SMILES string of the molecule is COc1cccc(Nc2c(C(N)=O)cnc3c(C)cc(Cc4cccc(-c5ccc(CCCCCO)cc5)c4)cc23)c1. The first-order valence-corrected chi connectivity index (χ1v) is 14.4. The number of unbranched alkanes of at least 4 members (excludes halogenated alkanes) is 2. The number of nitrogens with one attached hydrogen (secondary N) is 1. The van der Waals surface area contributed by atoms with Gasteiger partial charge in [-0.25, -0.2) is 0 Å². The van der Waals surface area contributed by atoms with Crippen LogP contribution in [0.1, 0.15) is 51.9 Å². The number of carbonyl (C=O) groups is 1. The standard InChI is InChI=1S/C36H37N3O3/c1-24-18-27(19-26-9-6-10-29(20-26)28-15-13-25(14-16-28)8-4-3-5-17-40)21-32-34(24)38-23-33(36(37)41)35(32)39-30-11-7-12-31(22-30)42-2/h6-7,9-16,18,20-23,40H,3-5,8,17,19H2,1-2H3,(H2,37,41)(H,38,39). The minimum Gasteiger partial charge on any atom is -0.497 e. The molecule has 1 amide bonds. The largest absolute Gasteiger partial charge is 0.497 e. The number of primary amides is 1. The van der Waals surface area contributed by atoms with Gasteiger partial charge < -0.3 is 20.9 Å². The summed E-state index contributed by atoms with van der Waals surface area (Å²) in [5.41, 5.74) is 15.4. The summed E-state index contributed by atoms with van der Waals surface area (Å²) in [6.07, 6.45) is 6.31. The quantitative estimate of drug-likeness (QED) is 0.139. The zero-order valence-electron chi connectivity index (χ0n) is 24.2. The Kier molecular flexibility index (Phi) is 9.15. The van der Waals surface area contributed by atoms with Crippen molar-refractivity contribution in [1.82, 2.24) is 4.98 Å². The maximum Gasteiger partial charge on any atom is 0.252 e. The highest BCUT2D eigenvalue weighted by Gasteiger charge is 2.16. The number of anilines is 2. The molecule has 1 aromatic heterocycles. The zero-order chi connectivity index (χ0) is 29.5. The van der Waals surface area contributed by atoms with Gasteiger partial charge in [-0.2, -0.15) is 0 Å². The predicted molar refractivity (Wildman–Crippen MR) is 171 cm³/mol. The van der Waals surface area contributed by atoms with Crippen LogP contribution < -0.4 is 15.8 Å². The number of carbonyl (C=O) groups excluding carboxylic acids is 1. The number of amides is 1. The molecule has 0 saturated heterocycles. The molecule has 6 heteroatoms. The number of methoxy groups -OCH3 is 1. The highest BCUT2D eigenvalue weighted by molar-refractivity contribution is 6.08. The molecule has 0 radical (unpaired) electrons. The lowest BCUT2D eigenvalue weighted by Crippen LogP contribution is -2.14. The average Bonchev–Trinajstić information content (AvgIpc) is 3.00. The summed E-state index contributed by atoms with van der Waals surface area (Å²) in [5, 5.41) is 13.2. The Labute approximate surface area is 247 Å². The molecule has 0 aliphatic carbocycles. The molecular weight excluding hydrogens is 522 g/mol. The molecule has 6 nitrogen and oxygen atoms in total. The summed E-state index contributed by atoms with van der Waals surface area (Å²) >= 11 is 0. The minimum absolute atomic E-state index is 0.265. The van der Waals surface area contributed by atoms with Crippen molar-refractivity contribution in [2.24, 2.45) is 5.73 Å². The van der Waals surface area contributed by atoms with E-state index in [0.29, 0.717) is 17.0 Å². The fourth-order valence-electron chi connectivity index (χ4n) is 5.40. The highest BCUT2D eigenvalue weighted by Crippen LogP contribution is 2.33. The smallest absolute Gasteiger partial charge is 0.252 e. The van der Waals surface area contributed by atoms with Crippen LogP contribution >= 0.6 is 0 Å². The molecule has 0 fully saturated rings. The molecule has 5 rings (SSSR count). The summed E-state index contributed by atoms with van der Waals surface area (Å²) in [5.74, 6) is 0.171. The van der Waals surface area contributed by atoms with Gasteiger partial charge in [0.25, 0.3) is 5.91 Å². The molecule has 214 valence electrons. The van der Waals surface area contributed by atoms with E-state index in [2.05, 4.69) is 71.0 Å². The van der Waals surface area contributed by atoms with E-state index in [1.54, 1.807) is 13.3 Å². The molecule has 0 bridgehead atoms. The first-order valence-electron chi connectivity index (χ1n) is 14.4. The number of nitrogens with two attached hydrogens (primary N) is 1. The van der Waals surface area contributed by atoms with Gasteiger partial charge in [-0.1, -0.05) is 67.1 Å². The zero-order valence-corrected chi connectivity index (χ0v) is 24.2. The van der Waals surface area contributed by atoms with Crippen LogP contribution in [0.4, 0.5) is 11.4 Å². The first kappa shape index (κ1) is 28.8. The van der Waals surface area contributed by atoms with Crippen molar-refractivity contribution in [2.45, 2.75) is 39.0 Å². The summed E-state index contributed by atoms with van der Waals surface area (Å²) < 4.78 is 5.38. The van der Waals surface area contributed by atoms with E-state index in [1.165, 1.54) is 22.3 Å². The van der Waals surface area contributed by atoms with E-state index in [0.717, 1.165) is 59.8 Å². The lowest BCUT2D eigenvalue weighted by molar-refractivity contribution is 0.100. The Morgan fingerprint density at radius 2 is 1.69 bits per heavy atom. The second-order valence-corrected chi connectivity index (χ2v) is 10.7. The molecule has 0 saturated carbocycles. The molecule has 4 aromatic carbocycles. The van der Waals surface area contributed by atoms with E-state index in [1.807, 2.05) is 31.2 Å². The number of fused-ring (bicyclic) bond motifs is 1. The summed E-state index contributed by atoms with van der Waals surface area (Å²) in [4.78, 5) is 17.0. The molecule has 0 aliphatic rings. The van der Waals surface area contributed by atoms with Crippen molar-refractivity contribution in [3.05, 3.63) is 119 Å². The van der Waals surface area contributed by atoms with E-state index in [-0.39, 0.29) is 6.61 Å². The van der Waals surface area contributed by atoms with Crippen LogP contribution in [0.25, 0.3) is 22.0 Å². The third kappa shape index (κ3) is 6.78. The van der Waals surface area contributed by atoms with Gasteiger partial charge in [-0.05, 0) is 84.2 Å². The molecular formula is C36H37N3O3. The van der Waals surface area contributed by atoms with E-state index in [9.17, 15) is 4.79 Å². The van der Waals surface area contributed by atoms with Crippen LogP contribution in [0.5, 0.6) is 5.75 Å². The Morgan fingerprint density at radius 3 is 2.45 bits per heavy atom. The number of aryl methyl sites for hydroxylation is 2. The molecule has 4 N–H and O–H groups in total. The maximum absolute atomic E-state index is 12.4. The highest BCUT2D eigenvalue weighted by atomic mass is 16.5. The Bertz CT molecular complexity index is 1700. The monoisotopic (exact) mass is 559 g/mol. The van der Waals surface area contributed by atoms with Gasteiger partial charge >= 0.3 is 0 Å². The fraction of sp³-hybridized carbons (Fsp3) is 0.222. The van der Waals surface area contributed by atoms with E-state index in [4.69, 9.17) is 15.6 Å². The number of rotatable bonds is 12. The third-order valence-corrected chi connectivity index (χ3v) is 7.57. The molecule has 0 atom stereocenters. The lowest BCUT2D eigenvalue weighted by Gasteiger charge is -2.16. The van der Waals surface area contributed by atoms with Gasteiger partial charge in [-0.15, -0.1) is 0 Å². The van der Waals surface area contributed by atoms with Crippen molar-refractivity contribution in [3.8, 4) is 16.9 Å². The second-order valence-electron chi connectivity index (χ2n) is 10.7. The van der Waals surface area contributed by atoms with Gasteiger partial charge in [0.05, 0.1) is 23.9 Å². The number of ether oxygens (including phenoxy) is 1. The molecule has 5 aromatic rings. The molecule has 1 heterocycles. The molecule has 0 spiro atoms. The topological polar surface area (TPSA) is 97.5 Å². The number of aromatic nitrogens is 1. The Hall–Kier alpha value is -4.68. The van der Waals surface area contributed by atoms with Gasteiger partial charge in [0.2, 0.25) is 0 Å². The van der Waals surface area contributed by atoms with Crippen molar-refractivity contribution in [2.75, 3.05) is 19.0 Å². The van der Waals surface area contributed by atoms with Crippen molar-refractivity contribution in [1.29, 1.82) is 0 Å². The molecule has 0 unspecified atom stereocenters.